The van der Waals surface area contributed by atoms with E-state index >= 15 is 0 Å². The molecule has 0 saturated heterocycles. The van der Waals surface area contributed by atoms with Crippen molar-refractivity contribution >= 4 is 5.52 Å². The van der Waals surface area contributed by atoms with Crippen LogP contribution in [0.4, 0.5) is 0 Å². The van der Waals surface area contributed by atoms with Crippen LogP contribution in [0.25, 0.3) is 5.52 Å². The highest BCUT2D eigenvalue weighted by atomic mass is 16.6. The van der Waals surface area contributed by atoms with Crippen LogP contribution < -0.4 is 5.90 Å². The summed E-state index contributed by atoms with van der Waals surface area (Å²) >= 11 is 0. The number of nitrogens with zero attached hydrogens (tertiary/aromatic N) is 2. The Balaban J connectivity index is 2.11. The molecule has 78 valence electrons. The fourth-order valence-corrected chi connectivity index (χ4v) is 2.14. The zero-order chi connectivity index (χ0) is 10.3. The third kappa shape index (κ3) is 1.26. The molecule has 4 heteroatoms. The summed E-state index contributed by atoms with van der Waals surface area (Å²) in [6.07, 6.45) is 6.17. The normalized spacial score (nSPS) is 18.2. The lowest BCUT2D eigenvalue weighted by molar-refractivity contribution is 0.116. The molecule has 1 saturated carbocycles. The standard InChI is InChI=1S/C11H13N3O/c12-15-8-11(4-5-11)9-7-13-14-6-2-1-3-10(9)14/h1-3,6-7H,4-5,8,12H2. The van der Waals surface area contributed by atoms with Crippen molar-refractivity contribution in [2.45, 2.75) is 18.3 Å². The highest BCUT2D eigenvalue weighted by Gasteiger charge is 2.46. The van der Waals surface area contributed by atoms with Gasteiger partial charge < -0.3 is 4.84 Å². The molecule has 0 aromatic carbocycles. The number of hydrogen-bond donors (Lipinski definition) is 1. The Labute approximate surface area is 87.6 Å². The van der Waals surface area contributed by atoms with Crippen molar-refractivity contribution in [1.82, 2.24) is 9.61 Å². The molecule has 15 heavy (non-hydrogen) atoms. The van der Waals surface area contributed by atoms with Crippen molar-refractivity contribution in [3.05, 3.63) is 36.2 Å². The molecular weight excluding hydrogens is 190 g/mol. The quantitative estimate of drug-likeness (QED) is 0.764. The summed E-state index contributed by atoms with van der Waals surface area (Å²) in [6.45, 7) is 0.587. The summed E-state index contributed by atoms with van der Waals surface area (Å²) in [4.78, 5) is 4.80. The first-order chi connectivity index (χ1) is 7.36. The van der Waals surface area contributed by atoms with Crippen LogP contribution in [0.15, 0.2) is 30.6 Å². The van der Waals surface area contributed by atoms with Crippen LogP contribution in [-0.4, -0.2) is 16.2 Å². The number of nitrogens with two attached hydrogens (primary N) is 1. The molecule has 2 heterocycles. The van der Waals surface area contributed by atoms with E-state index in [4.69, 9.17) is 10.7 Å². The predicted octanol–water partition coefficient (Wildman–Crippen LogP) is 1.26. The van der Waals surface area contributed by atoms with Crippen LogP contribution in [-0.2, 0) is 10.3 Å². The molecule has 3 rings (SSSR count). The topological polar surface area (TPSA) is 52.5 Å². The molecule has 2 aromatic heterocycles. The molecule has 1 fully saturated rings. The van der Waals surface area contributed by atoms with Crippen molar-refractivity contribution in [2.75, 3.05) is 6.61 Å². The molecule has 0 aliphatic heterocycles. The van der Waals surface area contributed by atoms with E-state index in [1.807, 2.05) is 29.0 Å². The Morgan fingerprint density at radius 3 is 3.07 bits per heavy atom. The van der Waals surface area contributed by atoms with Crippen LogP contribution >= 0.6 is 0 Å². The molecular formula is C11H13N3O. The molecule has 1 aliphatic carbocycles. The second kappa shape index (κ2) is 3.05. The monoisotopic (exact) mass is 203 g/mol. The first-order valence-electron chi connectivity index (χ1n) is 5.10. The van der Waals surface area contributed by atoms with E-state index < -0.39 is 0 Å². The first-order valence-corrected chi connectivity index (χ1v) is 5.10. The smallest absolute Gasteiger partial charge is 0.0777 e. The van der Waals surface area contributed by atoms with Crippen molar-refractivity contribution in [2.24, 2.45) is 5.90 Å². The Bertz CT molecular complexity index is 487. The van der Waals surface area contributed by atoms with Crippen molar-refractivity contribution < 1.29 is 4.84 Å². The van der Waals surface area contributed by atoms with Gasteiger partial charge in [-0.3, -0.25) is 0 Å². The molecule has 2 N–H and O–H groups in total. The number of pyridine rings is 1. The highest BCUT2D eigenvalue weighted by molar-refractivity contribution is 5.58. The summed E-state index contributed by atoms with van der Waals surface area (Å²) in [6, 6.07) is 6.08. The van der Waals surface area contributed by atoms with Gasteiger partial charge in [0.1, 0.15) is 0 Å². The minimum atomic E-state index is 0.123. The fourth-order valence-electron chi connectivity index (χ4n) is 2.14. The minimum Gasteiger partial charge on any atom is -0.304 e. The van der Waals surface area contributed by atoms with Gasteiger partial charge in [0.2, 0.25) is 0 Å². The summed E-state index contributed by atoms with van der Waals surface area (Å²) in [5.74, 6) is 5.18. The van der Waals surface area contributed by atoms with Crippen LogP contribution in [0.1, 0.15) is 18.4 Å². The molecule has 2 aromatic rings. The Morgan fingerprint density at radius 1 is 1.47 bits per heavy atom. The van der Waals surface area contributed by atoms with Gasteiger partial charge in [0.25, 0.3) is 0 Å². The van der Waals surface area contributed by atoms with E-state index in [9.17, 15) is 0 Å². The predicted molar refractivity (Wildman–Crippen MR) is 56.2 cm³/mol. The van der Waals surface area contributed by atoms with Crippen molar-refractivity contribution in [3.8, 4) is 0 Å². The zero-order valence-electron chi connectivity index (χ0n) is 8.39. The lowest BCUT2D eigenvalue weighted by Gasteiger charge is -2.11. The van der Waals surface area contributed by atoms with Crippen LogP contribution in [0, 0.1) is 0 Å². The summed E-state index contributed by atoms with van der Waals surface area (Å²) < 4.78 is 1.89. The summed E-state index contributed by atoms with van der Waals surface area (Å²) in [5, 5.41) is 4.33. The van der Waals surface area contributed by atoms with E-state index in [1.54, 1.807) is 0 Å². The molecule has 1 aliphatic rings. The Hall–Kier alpha value is -1.39. The van der Waals surface area contributed by atoms with E-state index in [2.05, 4.69) is 11.2 Å². The van der Waals surface area contributed by atoms with E-state index in [1.165, 1.54) is 5.56 Å². The Morgan fingerprint density at radius 2 is 2.33 bits per heavy atom. The molecule has 0 unspecified atom stereocenters. The van der Waals surface area contributed by atoms with Gasteiger partial charge in [-0.05, 0) is 25.0 Å². The van der Waals surface area contributed by atoms with E-state index in [-0.39, 0.29) is 5.41 Å². The maximum atomic E-state index is 5.18. The van der Waals surface area contributed by atoms with Crippen LogP contribution in [0.2, 0.25) is 0 Å². The van der Waals surface area contributed by atoms with Gasteiger partial charge in [-0.15, -0.1) is 0 Å². The van der Waals surface area contributed by atoms with Gasteiger partial charge >= 0.3 is 0 Å². The minimum absolute atomic E-state index is 0.123. The lowest BCUT2D eigenvalue weighted by Crippen LogP contribution is -2.17. The van der Waals surface area contributed by atoms with Gasteiger partial charge in [0, 0.05) is 17.2 Å². The van der Waals surface area contributed by atoms with Crippen molar-refractivity contribution in [1.29, 1.82) is 0 Å². The third-order valence-electron chi connectivity index (χ3n) is 3.21. The first kappa shape index (κ1) is 8.88. The molecule has 0 amide bonds. The number of rotatable bonds is 3. The summed E-state index contributed by atoms with van der Waals surface area (Å²) in [7, 11) is 0. The average molecular weight is 203 g/mol. The second-order valence-electron chi connectivity index (χ2n) is 4.18. The molecule has 0 spiro atoms. The van der Waals surface area contributed by atoms with Gasteiger partial charge in [-0.2, -0.15) is 5.10 Å². The zero-order valence-corrected chi connectivity index (χ0v) is 8.39. The average Bonchev–Trinajstić information content (AvgIpc) is 2.91. The number of fused-ring (bicyclic) bond motifs is 1. The number of aromatic nitrogens is 2. The molecule has 0 atom stereocenters. The summed E-state index contributed by atoms with van der Waals surface area (Å²) in [5.41, 5.74) is 2.54. The maximum Gasteiger partial charge on any atom is 0.0777 e. The molecule has 4 nitrogen and oxygen atoms in total. The third-order valence-corrected chi connectivity index (χ3v) is 3.21. The molecule has 0 bridgehead atoms. The second-order valence-corrected chi connectivity index (χ2v) is 4.18. The Kier molecular flexibility index (Phi) is 1.81. The molecule has 0 radical (unpaired) electrons. The van der Waals surface area contributed by atoms with Crippen LogP contribution in [0.3, 0.4) is 0 Å². The van der Waals surface area contributed by atoms with Crippen LogP contribution in [0.5, 0.6) is 0 Å². The number of hydrogen-bond acceptors (Lipinski definition) is 3. The lowest BCUT2D eigenvalue weighted by atomic mass is 9.99. The fraction of sp³-hybridized carbons (Fsp3) is 0.364. The maximum absolute atomic E-state index is 5.18. The van der Waals surface area contributed by atoms with Gasteiger partial charge in [0.15, 0.2) is 0 Å². The van der Waals surface area contributed by atoms with E-state index in [0.29, 0.717) is 6.61 Å². The van der Waals surface area contributed by atoms with Gasteiger partial charge in [-0.1, -0.05) is 6.07 Å². The van der Waals surface area contributed by atoms with E-state index in [0.717, 1.165) is 18.4 Å². The SMILES string of the molecule is NOCC1(c2cnn3ccccc23)CC1. The largest absolute Gasteiger partial charge is 0.304 e. The van der Waals surface area contributed by atoms with Gasteiger partial charge in [0.05, 0.1) is 18.3 Å². The van der Waals surface area contributed by atoms with Gasteiger partial charge in [-0.25, -0.2) is 10.4 Å². The highest BCUT2D eigenvalue weighted by Crippen LogP contribution is 2.49. The van der Waals surface area contributed by atoms with Crippen molar-refractivity contribution in [3.63, 3.8) is 0 Å².